The Hall–Kier alpha value is -2.55. The van der Waals surface area contributed by atoms with E-state index in [9.17, 15) is 0 Å². The van der Waals surface area contributed by atoms with Gasteiger partial charge in [-0.05, 0) is 44.5 Å². The molecule has 0 spiro atoms. The Morgan fingerprint density at radius 1 is 1.16 bits per heavy atom. The van der Waals surface area contributed by atoms with Crippen molar-refractivity contribution in [3.63, 3.8) is 0 Å². The summed E-state index contributed by atoms with van der Waals surface area (Å²) in [5, 5.41) is 6.91. The van der Waals surface area contributed by atoms with Gasteiger partial charge in [-0.1, -0.05) is 35.9 Å². The first-order valence-electron chi connectivity index (χ1n) is 10.6. The molecule has 0 bridgehead atoms. The molecule has 1 unspecified atom stereocenters. The number of rotatable bonds is 6. The van der Waals surface area contributed by atoms with Crippen LogP contribution in [0.1, 0.15) is 24.6 Å². The van der Waals surface area contributed by atoms with Crippen LogP contribution in [0.5, 0.6) is 0 Å². The van der Waals surface area contributed by atoms with Crippen LogP contribution in [0.15, 0.2) is 70.3 Å². The van der Waals surface area contributed by atoms with E-state index in [0.29, 0.717) is 18.5 Å². The number of oxazole rings is 1. The molecule has 1 saturated heterocycles. The average molecular weight is 531 g/mol. The van der Waals surface area contributed by atoms with Crippen LogP contribution < -0.4 is 15.5 Å². The molecule has 4 rings (SSSR count). The summed E-state index contributed by atoms with van der Waals surface area (Å²) in [6.45, 7) is 7.44. The standard InChI is InChI=1S/C24H29N5O.HI/c1-3-25-24(28-20-13-14-29(16-20)22-7-5-4-6-8-22)26-15-21-17-30-23(27-21)19-11-9-18(2)10-12-19;/h4-12,17,20H,3,13-16H2,1-2H3,(H2,25,26,28);1H. The maximum atomic E-state index is 5.65. The van der Waals surface area contributed by atoms with Crippen molar-refractivity contribution >= 4 is 35.6 Å². The number of guanidine groups is 1. The predicted octanol–water partition coefficient (Wildman–Crippen LogP) is 4.60. The third kappa shape index (κ3) is 6.22. The smallest absolute Gasteiger partial charge is 0.226 e. The normalized spacial score (nSPS) is 16.1. The van der Waals surface area contributed by atoms with Crippen LogP contribution in [0.4, 0.5) is 5.69 Å². The minimum Gasteiger partial charge on any atom is -0.444 e. The van der Waals surface area contributed by atoms with Crippen LogP contribution in [-0.4, -0.2) is 36.6 Å². The highest BCUT2D eigenvalue weighted by atomic mass is 127. The molecule has 1 atom stereocenters. The van der Waals surface area contributed by atoms with Crippen molar-refractivity contribution in [2.45, 2.75) is 32.9 Å². The van der Waals surface area contributed by atoms with E-state index < -0.39 is 0 Å². The van der Waals surface area contributed by atoms with Crippen molar-refractivity contribution in [1.82, 2.24) is 15.6 Å². The van der Waals surface area contributed by atoms with E-state index in [0.717, 1.165) is 43.3 Å². The van der Waals surface area contributed by atoms with Gasteiger partial charge in [-0.25, -0.2) is 9.98 Å². The molecule has 1 aromatic heterocycles. The second-order valence-electron chi connectivity index (χ2n) is 7.62. The minimum absolute atomic E-state index is 0. The lowest BCUT2D eigenvalue weighted by atomic mass is 10.1. The van der Waals surface area contributed by atoms with E-state index in [2.05, 4.69) is 76.8 Å². The van der Waals surface area contributed by atoms with E-state index in [1.54, 1.807) is 6.26 Å². The number of aromatic nitrogens is 1. The fourth-order valence-electron chi connectivity index (χ4n) is 3.63. The minimum atomic E-state index is 0. The first-order chi connectivity index (χ1) is 14.7. The average Bonchev–Trinajstić information content (AvgIpc) is 3.43. The van der Waals surface area contributed by atoms with Crippen LogP contribution in [0, 0.1) is 6.92 Å². The highest BCUT2D eigenvalue weighted by Gasteiger charge is 2.23. The number of para-hydroxylation sites is 1. The Morgan fingerprint density at radius 2 is 1.94 bits per heavy atom. The first-order valence-corrected chi connectivity index (χ1v) is 10.6. The molecule has 7 heteroatoms. The van der Waals surface area contributed by atoms with E-state index in [1.807, 2.05) is 12.1 Å². The van der Waals surface area contributed by atoms with E-state index in [-0.39, 0.29) is 24.0 Å². The Bertz CT molecular complexity index is 971. The zero-order chi connectivity index (χ0) is 20.8. The molecule has 1 aliphatic heterocycles. The number of benzene rings is 2. The fraction of sp³-hybridized carbons (Fsp3) is 0.333. The van der Waals surface area contributed by atoms with Gasteiger partial charge in [-0.3, -0.25) is 0 Å². The Balaban J connectivity index is 0.00000272. The molecule has 0 aliphatic carbocycles. The number of anilines is 1. The number of hydrogen-bond donors (Lipinski definition) is 2. The molecular weight excluding hydrogens is 501 g/mol. The maximum Gasteiger partial charge on any atom is 0.226 e. The van der Waals surface area contributed by atoms with Gasteiger partial charge in [0.25, 0.3) is 0 Å². The molecular formula is C24H30IN5O. The van der Waals surface area contributed by atoms with Crippen molar-refractivity contribution in [3.05, 3.63) is 72.1 Å². The molecule has 31 heavy (non-hydrogen) atoms. The molecule has 1 fully saturated rings. The van der Waals surface area contributed by atoms with Crippen molar-refractivity contribution in [3.8, 4) is 11.5 Å². The van der Waals surface area contributed by atoms with Gasteiger partial charge in [-0.2, -0.15) is 0 Å². The molecule has 2 heterocycles. The highest BCUT2D eigenvalue weighted by Crippen LogP contribution is 2.20. The fourth-order valence-corrected chi connectivity index (χ4v) is 3.63. The van der Waals surface area contributed by atoms with Gasteiger partial charge >= 0.3 is 0 Å². The van der Waals surface area contributed by atoms with Gasteiger partial charge < -0.3 is 20.0 Å². The lowest BCUT2D eigenvalue weighted by Crippen LogP contribution is -2.44. The summed E-state index contributed by atoms with van der Waals surface area (Å²) in [7, 11) is 0. The molecule has 164 valence electrons. The van der Waals surface area contributed by atoms with Gasteiger partial charge in [0.1, 0.15) is 12.0 Å². The lowest BCUT2D eigenvalue weighted by Gasteiger charge is -2.20. The molecule has 0 radical (unpaired) electrons. The van der Waals surface area contributed by atoms with Crippen LogP contribution >= 0.6 is 24.0 Å². The third-order valence-corrected chi connectivity index (χ3v) is 5.24. The van der Waals surface area contributed by atoms with E-state index >= 15 is 0 Å². The summed E-state index contributed by atoms with van der Waals surface area (Å²) in [6, 6.07) is 19.1. The van der Waals surface area contributed by atoms with Crippen molar-refractivity contribution in [1.29, 1.82) is 0 Å². The first kappa shape index (κ1) is 23.1. The van der Waals surface area contributed by atoms with Gasteiger partial charge in [0.15, 0.2) is 5.96 Å². The van der Waals surface area contributed by atoms with Crippen LogP contribution in [0.2, 0.25) is 0 Å². The van der Waals surface area contributed by atoms with Crippen molar-refractivity contribution < 1.29 is 4.42 Å². The molecule has 0 saturated carbocycles. The summed E-state index contributed by atoms with van der Waals surface area (Å²) in [6.07, 6.45) is 2.77. The van der Waals surface area contributed by atoms with Crippen LogP contribution in [0.25, 0.3) is 11.5 Å². The van der Waals surface area contributed by atoms with E-state index in [1.165, 1.54) is 11.3 Å². The summed E-state index contributed by atoms with van der Waals surface area (Å²) in [5.41, 5.74) is 4.29. The Kier molecular flexibility index (Phi) is 8.34. The zero-order valence-corrected chi connectivity index (χ0v) is 20.4. The summed E-state index contributed by atoms with van der Waals surface area (Å²) in [5.74, 6) is 1.45. The molecule has 3 aromatic rings. The summed E-state index contributed by atoms with van der Waals surface area (Å²) in [4.78, 5) is 11.7. The summed E-state index contributed by atoms with van der Waals surface area (Å²) >= 11 is 0. The zero-order valence-electron chi connectivity index (χ0n) is 18.0. The highest BCUT2D eigenvalue weighted by molar-refractivity contribution is 14.0. The lowest BCUT2D eigenvalue weighted by molar-refractivity contribution is 0.572. The second kappa shape index (κ2) is 11.2. The van der Waals surface area contributed by atoms with Crippen LogP contribution in [-0.2, 0) is 6.54 Å². The number of aryl methyl sites for hydroxylation is 1. The molecule has 2 aromatic carbocycles. The van der Waals surface area contributed by atoms with Gasteiger partial charge in [0.05, 0.1) is 6.54 Å². The Labute approximate surface area is 201 Å². The molecule has 2 N–H and O–H groups in total. The number of nitrogens with one attached hydrogen (secondary N) is 2. The number of nitrogens with zero attached hydrogens (tertiary/aromatic N) is 3. The van der Waals surface area contributed by atoms with Crippen molar-refractivity contribution in [2.24, 2.45) is 4.99 Å². The van der Waals surface area contributed by atoms with Crippen molar-refractivity contribution in [2.75, 3.05) is 24.5 Å². The molecule has 0 amide bonds. The number of hydrogen-bond acceptors (Lipinski definition) is 4. The number of aliphatic imine (C=N–C) groups is 1. The third-order valence-electron chi connectivity index (χ3n) is 5.24. The van der Waals surface area contributed by atoms with E-state index in [4.69, 9.17) is 9.41 Å². The largest absolute Gasteiger partial charge is 0.444 e. The van der Waals surface area contributed by atoms with Gasteiger partial charge in [0, 0.05) is 36.9 Å². The second-order valence-corrected chi connectivity index (χ2v) is 7.62. The number of halogens is 1. The topological polar surface area (TPSA) is 65.7 Å². The molecule has 1 aliphatic rings. The SMILES string of the molecule is CCNC(=NCc1coc(-c2ccc(C)cc2)n1)NC1CCN(c2ccccc2)C1.I. The van der Waals surface area contributed by atoms with Crippen LogP contribution in [0.3, 0.4) is 0 Å². The summed E-state index contributed by atoms with van der Waals surface area (Å²) < 4.78 is 5.65. The van der Waals surface area contributed by atoms with Gasteiger partial charge in [-0.15, -0.1) is 24.0 Å². The Morgan fingerprint density at radius 3 is 2.68 bits per heavy atom. The quantitative estimate of drug-likeness (QED) is 0.277. The molecule has 6 nitrogen and oxygen atoms in total. The predicted molar refractivity (Wildman–Crippen MR) is 137 cm³/mol. The maximum absolute atomic E-state index is 5.65. The van der Waals surface area contributed by atoms with Gasteiger partial charge in [0.2, 0.25) is 5.89 Å². The monoisotopic (exact) mass is 531 g/mol.